The summed E-state index contributed by atoms with van der Waals surface area (Å²) < 4.78 is 16.0. The second kappa shape index (κ2) is 5.05. The van der Waals surface area contributed by atoms with Crippen LogP contribution < -0.4 is 0 Å². The highest BCUT2D eigenvalue weighted by atomic mass is 16.7. The zero-order valence-electron chi connectivity index (χ0n) is 9.11. The highest BCUT2D eigenvalue weighted by molar-refractivity contribution is 5.87. The van der Waals surface area contributed by atoms with E-state index >= 15 is 0 Å². The fourth-order valence-electron chi connectivity index (χ4n) is 1.80. The number of epoxide rings is 1. The van der Waals surface area contributed by atoms with Gasteiger partial charge in [-0.15, -0.1) is 0 Å². The number of Topliss-reactive ketones (excluding diaryl/α,β-unsaturated/α-hetero) is 1. The van der Waals surface area contributed by atoms with Crippen molar-refractivity contribution in [1.29, 1.82) is 0 Å². The summed E-state index contributed by atoms with van der Waals surface area (Å²) in [6.45, 7) is 3.02. The Morgan fingerprint density at radius 1 is 1.40 bits per heavy atom. The van der Waals surface area contributed by atoms with E-state index in [1.807, 2.05) is 0 Å². The first kappa shape index (κ1) is 11.0. The number of hydrogen-bond donors (Lipinski definition) is 0. The monoisotopic (exact) mass is 214 g/mol. The molecule has 0 radical (unpaired) electrons. The van der Waals surface area contributed by atoms with Gasteiger partial charge < -0.3 is 14.2 Å². The van der Waals surface area contributed by atoms with Crippen LogP contribution in [-0.2, 0) is 19.0 Å². The van der Waals surface area contributed by atoms with Gasteiger partial charge in [-0.2, -0.15) is 0 Å². The molecule has 15 heavy (non-hydrogen) atoms. The van der Waals surface area contributed by atoms with Gasteiger partial charge in [0.05, 0.1) is 0 Å². The van der Waals surface area contributed by atoms with Crippen molar-refractivity contribution in [2.24, 2.45) is 0 Å². The normalized spacial score (nSPS) is 33.9. The molecule has 2 heterocycles. The lowest BCUT2D eigenvalue weighted by atomic mass is 10.2. The Kier molecular flexibility index (Phi) is 3.72. The molecule has 4 nitrogen and oxygen atoms in total. The highest BCUT2D eigenvalue weighted by Gasteiger charge is 2.54. The average molecular weight is 214 g/mol. The first-order valence-corrected chi connectivity index (χ1v) is 5.74. The van der Waals surface area contributed by atoms with E-state index in [-0.39, 0.29) is 30.9 Å². The SMILES string of the molecule is CCCCCCOC1OCC(=O)C2OC12. The van der Waals surface area contributed by atoms with E-state index in [4.69, 9.17) is 14.2 Å². The zero-order chi connectivity index (χ0) is 10.7. The van der Waals surface area contributed by atoms with Gasteiger partial charge in [0, 0.05) is 6.61 Å². The molecule has 2 fully saturated rings. The van der Waals surface area contributed by atoms with Crippen LogP contribution in [0.25, 0.3) is 0 Å². The summed E-state index contributed by atoms with van der Waals surface area (Å²) in [5.41, 5.74) is 0. The van der Waals surface area contributed by atoms with Crippen LogP contribution in [0.5, 0.6) is 0 Å². The smallest absolute Gasteiger partial charge is 0.190 e. The Balaban J connectivity index is 1.58. The Hall–Kier alpha value is -0.450. The van der Waals surface area contributed by atoms with Gasteiger partial charge in [-0.1, -0.05) is 26.2 Å². The van der Waals surface area contributed by atoms with Crippen LogP contribution >= 0.6 is 0 Å². The molecule has 3 unspecified atom stereocenters. The van der Waals surface area contributed by atoms with Crippen molar-refractivity contribution in [3.05, 3.63) is 0 Å². The Morgan fingerprint density at radius 2 is 2.27 bits per heavy atom. The minimum Gasteiger partial charge on any atom is -0.356 e. The molecule has 2 saturated heterocycles. The summed E-state index contributed by atoms with van der Waals surface area (Å²) in [6, 6.07) is 0. The second-order valence-corrected chi connectivity index (χ2v) is 4.10. The van der Waals surface area contributed by atoms with Gasteiger partial charge in [0.15, 0.2) is 12.1 Å². The molecule has 86 valence electrons. The third-order valence-electron chi connectivity index (χ3n) is 2.78. The van der Waals surface area contributed by atoms with E-state index in [1.54, 1.807) is 0 Å². The maximum absolute atomic E-state index is 11.1. The van der Waals surface area contributed by atoms with Crippen molar-refractivity contribution < 1.29 is 19.0 Å². The molecule has 0 N–H and O–H groups in total. The minimum atomic E-state index is -0.311. The van der Waals surface area contributed by atoms with E-state index in [2.05, 4.69) is 6.92 Å². The number of carbonyl (C=O) groups is 1. The van der Waals surface area contributed by atoms with Crippen molar-refractivity contribution in [3.8, 4) is 0 Å². The fourth-order valence-corrected chi connectivity index (χ4v) is 1.80. The molecule has 2 aliphatic rings. The molecule has 0 aliphatic carbocycles. The van der Waals surface area contributed by atoms with Crippen LogP contribution in [0.2, 0.25) is 0 Å². The number of carbonyl (C=O) groups excluding carboxylic acids is 1. The Labute approximate surface area is 89.9 Å². The van der Waals surface area contributed by atoms with Crippen molar-refractivity contribution >= 4 is 5.78 Å². The maximum Gasteiger partial charge on any atom is 0.190 e. The Morgan fingerprint density at radius 3 is 3.07 bits per heavy atom. The van der Waals surface area contributed by atoms with Crippen LogP contribution in [0.4, 0.5) is 0 Å². The number of rotatable bonds is 6. The minimum absolute atomic E-state index is 0.0471. The predicted molar refractivity (Wildman–Crippen MR) is 53.5 cm³/mol. The van der Waals surface area contributed by atoms with Gasteiger partial charge >= 0.3 is 0 Å². The van der Waals surface area contributed by atoms with E-state index in [1.165, 1.54) is 19.3 Å². The lowest BCUT2D eigenvalue weighted by molar-refractivity contribution is -0.168. The Bertz CT molecular complexity index is 229. The van der Waals surface area contributed by atoms with Crippen molar-refractivity contribution in [3.63, 3.8) is 0 Å². The third-order valence-corrected chi connectivity index (χ3v) is 2.78. The number of unbranched alkanes of at least 4 members (excludes halogenated alkanes) is 3. The molecular formula is C11H18O4. The summed E-state index contributed by atoms with van der Waals surface area (Å²) in [4.78, 5) is 11.1. The van der Waals surface area contributed by atoms with Crippen molar-refractivity contribution in [2.75, 3.05) is 13.2 Å². The summed E-state index contributed by atoms with van der Waals surface area (Å²) in [6.07, 6.45) is 4.04. The van der Waals surface area contributed by atoms with Crippen LogP contribution in [-0.4, -0.2) is 37.5 Å². The molecule has 0 aromatic rings. The standard InChI is InChI=1S/C11H18O4/c1-2-3-4-5-6-13-11-10-9(15-10)8(12)7-14-11/h9-11H,2-7H2,1H3. The summed E-state index contributed by atoms with van der Waals surface area (Å²) in [5.74, 6) is 0.0471. The predicted octanol–water partition coefficient (Wildman–Crippen LogP) is 1.28. The fraction of sp³-hybridized carbons (Fsp3) is 0.909. The molecule has 0 amide bonds. The molecule has 3 atom stereocenters. The summed E-state index contributed by atoms with van der Waals surface area (Å²) in [5, 5.41) is 0. The highest BCUT2D eigenvalue weighted by Crippen LogP contribution is 2.32. The van der Waals surface area contributed by atoms with Crippen LogP contribution in [0.15, 0.2) is 0 Å². The van der Waals surface area contributed by atoms with Crippen LogP contribution in [0.1, 0.15) is 32.6 Å². The lowest BCUT2D eigenvalue weighted by Gasteiger charge is -2.18. The molecular weight excluding hydrogens is 196 g/mol. The van der Waals surface area contributed by atoms with E-state index in [0.717, 1.165) is 6.42 Å². The van der Waals surface area contributed by atoms with Crippen LogP contribution in [0, 0.1) is 0 Å². The number of fused-ring (bicyclic) bond motifs is 1. The van der Waals surface area contributed by atoms with Gasteiger partial charge in [-0.3, -0.25) is 4.79 Å². The molecule has 4 heteroatoms. The van der Waals surface area contributed by atoms with Gasteiger partial charge in [0.1, 0.15) is 18.8 Å². The number of hydrogen-bond acceptors (Lipinski definition) is 4. The molecule has 0 aromatic carbocycles. The largest absolute Gasteiger partial charge is 0.356 e. The average Bonchev–Trinajstić information content (AvgIpc) is 3.01. The third kappa shape index (κ3) is 2.77. The van der Waals surface area contributed by atoms with Gasteiger partial charge in [-0.25, -0.2) is 0 Å². The molecule has 0 spiro atoms. The second-order valence-electron chi connectivity index (χ2n) is 4.10. The molecule has 2 aliphatic heterocycles. The number of ketones is 1. The summed E-state index contributed by atoms with van der Waals surface area (Å²) >= 11 is 0. The van der Waals surface area contributed by atoms with Gasteiger partial charge in [-0.05, 0) is 6.42 Å². The van der Waals surface area contributed by atoms with Gasteiger partial charge in [0.2, 0.25) is 0 Å². The van der Waals surface area contributed by atoms with E-state index in [9.17, 15) is 4.79 Å². The summed E-state index contributed by atoms with van der Waals surface area (Å²) in [7, 11) is 0. The maximum atomic E-state index is 11.1. The molecule has 0 aromatic heterocycles. The van der Waals surface area contributed by atoms with Crippen LogP contribution in [0.3, 0.4) is 0 Å². The topological polar surface area (TPSA) is 48.1 Å². The van der Waals surface area contributed by atoms with Gasteiger partial charge in [0.25, 0.3) is 0 Å². The number of ether oxygens (including phenoxy) is 3. The van der Waals surface area contributed by atoms with E-state index in [0.29, 0.717) is 6.61 Å². The lowest BCUT2D eigenvalue weighted by Crippen LogP contribution is -2.36. The first-order valence-electron chi connectivity index (χ1n) is 5.74. The molecule has 0 bridgehead atoms. The molecule has 0 saturated carbocycles. The zero-order valence-corrected chi connectivity index (χ0v) is 9.11. The van der Waals surface area contributed by atoms with Crippen molar-refractivity contribution in [1.82, 2.24) is 0 Å². The quantitative estimate of drug-likeness (QED) is 0.493. The van der Waals surface area contributed by atoms with E-state index < -0.39 is 0 Å². The molecule has 2 rings (SSSR count). The first-order chi connectivity index (χ1) is 7.33. The van der Waals surface area contributed by atoms with Crippen molar-refractivity contribution in [2.45, 2.75) is 51.1 Å².